The number of hydrogen-bond acceptors (Lipinski definition) is 3. The number of carbonyl (C=O) groups is 1. The first kappa shape index (κ1) is 16.3. The zero-order valence-electron chi connectivity index (χ0n) is 12.3. The van der Waals surface area contributed by atoms with Gasteiger partial charge in [0.05, 0.1) is 0 Å². The quantitative estimate of drug-likeness (QED) is 0.891. The summed E-state index contributed by atoms with van der Waals surface area (Å²) in [6.07, 6.45) is 2.44. The number of halogens is 1. The summed E-state index contributed by atoms with van der Waals surface area (Å²) in [5.41, 5.74) is 1.11. The standard InChI is InChI=1S/C16H23N3O.ClH/c20-16-15(14-4-2-1-3-5-14)19(11-10-18-16)12-13-6-8-17-9-7-13;/h1-5,13,15,17H,6-12H2,(H,18,20);1H. The van der Waals surface area contributed by atoms with E-state index in [1.54, 1.807) is 0 Å². The summed E-state index contributed by atoms with van der Waals surface area (Å²) in [7, 11) is 0. The molecule has 116 valence electrons. The molecule has 1 atom stereocenters. The summed E-state index contributed by atoms with van der Waals surface area (Å²) in [5, 5.41) is 6.41. The fraction of sp³-hybridized carbons (Fsp3) is 0.562. The minimum Gasteiger partial charge on any atom is -0.353 e. The summed E-state index contributed by atoms with van der Waals surface area (Å²) in [4.78, 5) is 14.6. The Morgan fingerprint density at radius 3 is 2.52 bits per heavy atom. The Hall–Kier alpha value is -1.10. The summed E-state index contributed by atoms with van der Waals surface area (Å²) in [6, 6.07) is 10.0. The second kappa shape index (κ2) is 7.78. The molecule has 0 saturated carbocycles. The largest absolute Gasteiger partial charge is 0.353 e. The Morgan fingerprint density at radius 1 is 1.10 bits per heavy atom. The number of benzene rings is 1. The fourth-order valence-electron chi connectivity index (χ4n) is 3.30. The monoisotopic (exact) mass is 309 g/mol. The van der Waals surface area contributed by atoms with Crippen molar-refractivity contribution in [2.75, 3.05) is 32.7 Å². The van der Waals surface area contributed by atoms with Gasteiger partial charge in [-0.3, -0.25) is 9.69 Å². The number of piperidine rings is 1. The number of carbonyl (C=O) groups excluding carboxylic acids is 1. The van der Waals surface area contributed by atoms with E-state index in [9.17, 15) is 4.79 Å². The van der Waals surface area contributed by atoms with E-state index in [-0.39, 0.29) is 24.4 Å². The van der Waals surface area contributed by atoms with Crippen LogP contribution in [-0.2, 0) is 4.79 Å². The molecule has 2 aliphatic heterocycles. The molecule has 1 aromatic rings. The fourth-order valence-corrected chi connectivity index (χ4v) is 3.30. The molecule has 2 fully saturated rings. The molecule has 0 aromatic heterocycles. The van der Waals surface area contributed by atoms with E-state index in [1.165, 1.54) is 12.8 Å². The van der Waals surface area contributed by atoms with Crippen LogP contribution >= 0.6 is 12.4 Å². The lowest BCUT2D eigenvalue weighted by Gasteiger charge is -2.38. The second-order valence-electron chi connectivity index (χ2n) is 5.79. The molecular weight excluding hydrogens is 286 g/mol. The van der Waals surface area contributed by atoms with Gasteiger partial charge in [0, 0.05) is 19.6 Å². The Labute approximate surface area is 132 Å². The first-order valence-electron chi connectivity index (χ1n) is 7.62. The molecule has 2 N–H and O–H groups in total. The Balaban J connectivity index is 0.00000161. The predicted molar refractivity (Wildman–Crippen MR) is 86.6 cm³/mol. The highest BCUT2D eigenvalue weighted by Crippen LogP contribution is 2.25. The maximum Gasteiger partial charge on any atom is 0.242 e. The minimum atomic E-state index is -0.111. The molecular formula is C16H24ClN3O. The zero-order valence-corrected chi connectivity index (χ0v) is 13.1. The lowest BCUT2D eigenvalue weighted by Crippen LogP contribution is -2.51. The first-order chi connectivity index (χ1) is 9.84. The van der Waals surface area contributed by atoms with Crippen molar-refractivity contribution in [1.29, 1.82) is 0 Å². The van der Waals surface area contributed by atoms with Crippen molar-refractivity contribution < 1.29 is 4.79 Å². The topological polar surface area (TPSA) is 44.4 Å². The van der Waals surface area contributed by atoms with Gasteiger partial charge in [0.25, 0.3) is 0 Å². The van der Waals surface area contributed by atoms with E-state index in [1.807, 2.05) is 18.2 Å². The number of rotatable bonds is 3. The highest BCUT2D eigenvalue weighted by Gasteiger charge is 2.32. The number of amides is 1. The Kier molecular flexibility index (Phi) is 6.03. The first-order valence-corrected chi connectivity index (χ1v) is 7.62. The van der Waals surface area contributed by atoms with Gasteiger partial charge in [-0.25, -0.2) is 0 Å². The zero-order chi connectivity index (χ0) is 13.8. The number of nitrogens with zero attached hydrogens (tertiary/aromatic N) is 1. The van der Waals surface area contributed by atoms with Gasteiger partial charge in [0.2, 0.25) is 5.91 Å². The number of piperazine rings is 1. The summed E-state index contributed by atoms with van der Waals surface area (Å²) in [5.74, 6) is 0.866. The van der Waals surface area contributed by atoms with Crippen molar-refractivity contribution in [3.8, 4) is 0 Å². The van der Waals surface area contributed by atoms with Crippen molar-refractivity contribution in [2.45, 2.75) is 18.9 Å². The lowest BCUT2D eigenvalue weighted by molar-refractivity contribution is -0.129. The average Bonchev–Trinajstić information content (AvgIpc) is 2.49. The molecule has 4 nitrogen and oxygen atoms in total. The van der Waals surface area contributed by atoms with Gasteiger partial charge in [-0.2, -0.15) is 0 Å². The minimum absolute atomic E-state index is 0. The molecule has 5 heteroatoms. The van der Waals surface area contributed by atoms with Gasteiger partial charge >= 0.3 is 0 Å². The van der Waals surface area contributed by atoms with Crippen molar-refractivity contribution in [1.82, 2.24) is 15.5 Å². The van der Waals surface area contributed by atoms with Gasteiger partial charge in [0.1, 0.15) is 6.04 Å². The lowest BCUT2D eigenvalue weighted by atomic mass is 9.95. The molecule has 0 radical (unpaired) electrons. The highest BCUT2D eigenvalue weighted by molar-refractivity contribution is 5.85. The summed E-state index contributed by atoms with van der Waals surface area (Å²) < 4.78 is 0. The molecule has 2 aliphatic rings. The molecule has 2 heterocycles. The number of nitrogens with one attached hydrogen (secondary N) is 2. The maximum absolute atomic E-state index is 12.3. The molecule has 1 unspecified atom stereocenters. The number of hydrogen-bond donors (Lipinski definition) is 2. The van der Waals surface area contributed by atoms with Crippen LogP contribution in [0.25, 0.3) is 0 Å². The second-order valence-corrected chi connectivity index (χ2v) is 5.79. The van der Waals surface area contributed by atoms with Crippen LogP contribution in [0.2, 0.25) is 0 Å². The molecule has 0 spiro atoms. The smallest absolute Gasteiger partial charge is 0.242 e. The van der Waals surface area contributed by atoms with Crippen LogP contribution in [-0.4, -0.2) is 43.5 Å². The predicted octanol–water partition coefficient (Wildman–Crippen LogP) is 1.58. The van der Waals surface area contributed by atoms with Crippen LogP contribution in [0.5, 0.6) is 0 Å². The third-order valence-electron chi connectivity index (χ3n) is 4.38. The normalized spacial score (nSPS) is 24.2. The Morgan fingerprint density at radius 2 is 1.81 bits per heavy atom. The van der Waals surface area contributed by atoms with E-state index in [2.05, 4.69) is 27.7 Å². The Bertz CT molecular complexity index is 448. The van der Waals surface area contributed by atoms with Crippen molar-refractivity contribution in [3.05, 3.63) is 35.9 Å². The van der Waals surface area contributed by atoms with Crippen LogP contribution in [0, 0.1) is 5.92 Å². The van der Waals surface area contributed by atoms with Crippen LogP contribution in [0.3, 0.4) is 0 Å². The van der Waals surface area contributed by atoms with Crippen molar-refractivity contribution in [2.24, 2.45) is 5.92 Å². The van der Waals surface area contributed by atoms with E-state index in [0.717, 1.165) is 38.3 Å². The van der Waals surface area contributed by atoms with Crippen molar-refractivity contribution >= 4 is 18.3 Å². The molecule has 1 aromatic carbocycles. The van der Waals surface area contributed by atoms with Crippen LogP contribution in [0.1, 0.15) is 24.4 Å². The molecule has 2 saturated heterocycles. The van der Waals surface area contributed by atoms with E-state index in [4.69, 9.17) is 0 Å². The summed E-state index contributed by atoms with van der Waals surface area (Å²) >= 11 is 0. The van der Waals surface area contributed by atoms with Crippen molar-refractivity contribution in [3.63, 3.8) is 0 Å². The molecule has 1 amide bonds. The third kappa shape index (κ3) is 3.96. The van der Waals surface area contributed by atoms with Gasteiger partial charge < -0.3 is 10.6 Å². The highest BCUT2D eigenvalue weighted by atomic mass is 35.5. The van der Waals surface area contributed by atoms with Crippen LogP contribution in [0.4, 0.5) is 0 Å². The summed E-state index contributed by atoms with van der Waals surface area (Å²) in [6.45, 7) is 4.98. The van der Waals surface area contributed by atoms with Gasteiger partial charge in [-0.1, -0.05) is 30.3 Å². The van der Waals surface area contributed by atoms with Gasteiger partial charge in [-0.05, 0) is 37.4 Å². The van der Waals surface area contributed by atoms with E-state index >= 15 is 0 Å². The van der Waals surface area contributed by atoms with Gasteiger partial charge in [-0.15, -0.1) is 12.4 Å². The molecule has 0 bridgehead atoms. The van der Waals surface area contributed by atoms with Crippen LogP contribution in [0.15, 0.2) is 30.3 Å². The average molecular weight is 310 g/mol. The molecule has 0 aliphatic carbocycles. The maximum atomic E-state index is 12.3. The van der Waals surface area contributed by atoms with Gasteiger partial charge in [0.15, 0.2) is 0 Å². The van der Waals surface area contributed by atoms with E-state index < -0.39 is 0 Å². The van der Waals surface area contributed by atoms with Crippen LogP contribution < -0.4 is 10.6 Å². The third-order valence-corrected chi connectivity index (χ3v) is 4.38. The molecule has 3 rings (SSSR count). The van der Waals surface area contributed by atoms with E-state index in [0.29, 0.717) is 5.92 Å². The molecule has 21 heavy (non-hydrogen) atoms. The SMILES string of the molecule is Cl.O=C1NCCN(CC2CCNCC2)C1c1ccccc1.